The molecule has 1 aromatic rings. The predicted molar refractivity (Wildman–Crippen MR) is 71.8 cm³/mol. The number of aromatic nitrogens is 1. The number of amides is 1. The van der Waals surface area contributed by atoms with Gasteiger partial charge < -0.3 is 5.32 Å². The lowest BCUT2D eigenvalue weighted by Gasteiger charge is -2.19. The molecule has 0 aromatic carbocycles. The van der Waals surface area contributed by atoms with E-state index < -0.39 is 5.82 Å². The second kappa shape index (κ2) is 6.30. The fraction of sp³-hybridized carbons (Fsp3) is 0.538. The first-order chi connectivity index (χ1) is 9.11. The lowest BCUT2D eigenvalue weighted by molar-refractivity contribution is 0.0947. The third-order valence-corrected chi connectivity index (χ3v) is 3.51. The van der Waals surface area contributed by atoms with Crippen molar-refractivity contribution in [3.05, 3.63) is 28.8 Å². The molecular formula is C13H17ClFN3O. The van der Waals surface area contributed by atoms with Crippen LogP contribution >= 0.6 is 11.6 Å². The molecule has 6 heteroatoms. The number of rotatable bonds is 6. The van der Waals surface area contributed by atoms with E-state index in [1.807, 2.05) is 0 Å². The first-order valence-electron chi connectivity index (χ1n) is 6.45. The summed E-state index contributed by atoms with van der Waals surface area (Å²) in [7, 11) is 0. The van der Waals surface area contributed by atoms with Gasteiger partial charge in [0.2, 0.25) is 0 Å². The number of carbonyl (C=O) groups excluding carboxylic acids is 1. The normalized spacial score (nSPS) is 14.7. The van der Waals surface area contributed by atoms with Crippen molar-refractivity contribution in [3.8, 4) is 0 Å². The Labute approximate surface area is 117 Å². The van der Waals surface area contributed by atoms with Crippen molar-refractivity contribution < 1.29 is 9.18 Å². The Morgan fingerprint density at radius 1 is 1.63 bits per heavy atom. The molecule has 1 aliphatic rings. The standard InChI is InChI=1S/C13H17ClFN3O/c1-2-18(10-3-4-10)6-5-16-13(19)11-7-9(15)8-17-12(11)14/h7-8,10H,2-6H2,1H3,(H,16,19). The number of hydrogen-bond acceptors (Lipinski definition) is 3. The molecule has 0 bridgehead atoms. The molecule has 19 heavy (non-hydrogen) atoms. The minimum absolute atomic E-state index is 0.0217. The van der Waals surface area contributed by atoms with E-state index in [1.54, 1.807) is 0 Å². The quantitative estimate of drug-likeness (QED) is 0.814. The maximum atomic E-state index is 13.0. The zero-order chi connectivity index (χ0) is 13.8. The SMILES string of the molecule is CCN(CCNC(=O)c1cc(F)cnc1Cl)C1CC1. The number of pyridine rings is 1. The second-order valence-corrected chi connectivity index (χ2v) is 4.97. The first-order valence-corrected chi connectivity index (χ1v) is 6.83. The van der Waals surface area contributed by atoms with Gasteiger partial charge in [-0.25, -0.2) is 9.37 Å². The lowest BCUT2D eigenvalue weighted by Crippen LogP contribution is -2.36. The number of halogens is 2. The Bertz CT molecular complexity index is 465. The van der Waals surface area contributed by atoms with E-state index in [9.17, 15) is 9.18 Å². The summed E-state index contributed by atoms with van der Waals surface area (Å²) in [5.41, 5.74) is 0.0798. The third-order valence-electron chi connectivity index (χ3n) is 3.20. The zero-order valence-corrected chi connectivity index (χ0v) is 11.6. The molecular weight excluding hydrogens is 269 g/mol. The molecule has 0 saturated heterocycles. The van der Waals surface area contributed by atoms with Gasteiger partial charge in [-0.05, 0) is 25.5 Å². The van der Waals surface area contributed by atoms with Crippen LogP contribution in [0.3, 0.4) is 0 Å². The number of likely N-dealkylation sites (N-methyl/N-ethyl adjacent to an activating group) is 1. The van der Waals surface area contributed by atoms with Crippen LogP contribution in [0.2, 0.25) is 5.15 Å². The molecule has 1 fully saturated rings. The molecule has 0 spiro atoms. The highest BCUT2D eigenvalue weighted by Gasteiger charge is 2.27. The van der Waals surface area contributed by atoms with Crippen molar-refractivity contribution >= 4 is 17.5 Å². The largest absolute Gasteiger partial charge is 0.351 e. The highest BCUT2D eigenvalue weighted by molar-refractivity contribution is 6.32. The van der Waals surface area contributed by atoms with Gasteiger partial charge in [0.05, 0.1) is 11.8 Å². The highest BCUT2D eigenvalue weighted by Crippen LogP contribution is 2.25. The summed E-state index contributed by atoms with van der Waals surface area (Å²) >= 11 is 5.77. The summed E-state index contributed by atoms with van der Waals surface area (Å²) in [4.78, 5) is 17.8. The van der Waals surface area contributed by atoms with Crippen LogP contribution in [0.5, 0.6) is 0 Å². The van der Waals surface area contributed by atoms with E-state index in [2.05, 4.69) is 22.1 Å². The topological polar surface area (TPSA) is 45.2 Å². The number of carbonyl (C=O) groups is 1. The molecule has 4 nitrogen and oxygen atoms in total. The van der Waals surface area contributed by atoms with Crippen LogP contribution in [-0.2, 0) is 0 Å². The van der Waals surface area contributed by atoms with Gasteiger partial charge in [-0.15, -0.1) is 0 Å². The minimum Gasteiger partial charge on any atom is -0.351 e. The molecule has 1 saturated carbocycles. The molecule has 104 valence electrons. The molecule has 1 aliphatic carbocycles. The van der Waals surface area contributed by atoms with Crippen LogP contribution in [0.4, 0.5) is 4.39 Å². The van der Waals surface area contributed by atoms with Crippen LogP contribution in [0, 0.1) is 5.82 Å². The summed E-state index contributed by atoms with van der Waals surface area (Å²) in [6, 6.07) is 1.77. The van der Waals surface area contributed by atoms with Crippen LogP contribution < -0.4 is 5.32 Å². The predicted octanol–water partition coefficient (Wildman–Crippen LogP) is 2.09. The Morgan fingerprint density at radius 2 is 2.37 bits per heavy atom. The van der Waals surface area contributed by atoms with E-state index in [1.165, 1.54) is 12.8 Å². The average Bonchev–Trinajstić information content (AvgIpc) is 3.21. The summed E-state index contributed by atoms with van der Waals surface area (Å²) in [5, 5.41) is 2.76. The monoisotopic (exact) mass is 285 g/mol. The van der Waals surface area contributed by atoms with Gasteiger partial charge in [0.25, 0.3) is 5.91 Å². The molecule has 2 rings (SSSR count). The zero-order valence-electron chi connectivity index (χ0n) is 10.8. The maximum Gasteiger partial charge on any atom is 0.254 e. The van der Waals surface area contributed by atoms with Gasteiger partial charge in [0.15, 0.2) is 0 Å². The van der Waals surface area contributed by atoms with Crippen LogP contribution in [-0.4, -0.2) is 41.5 Å². The smallest absolute Gasteiger partial charge is 0.254 e. The van der Waals surface area contributed by atoms with Crippen molar-refractivity contribution in [1.82, 2.24) is 15.2 Å². The summed E-state index contributed by atoms with van der Waals surface area (Å²) in [6.45, 7) is 4.40. The van der Waals surface area contributed by atoms with E-state index in [0.717, 1.165) is 25.4 Å². The van der Waals surface area contributed by atoms with Crippen LogP contribution in [0.1, 0.15) is 30.1 Å². The number of nitrogens with one attached hydrogen (secondary N) is 1. The third kappa shape index (κ3) is 3.88. The minimum atomic E-state index is -0.567. The fourth-order valence-electron chi connectivity index (χ4n) is 2.03. The highest BCUT2D eigenvalue weighted by atomic mass is 35.5. The number of nitrogens with zero attached hydrogens (tertiary/aromatic N) is 2. The van der Waals surface area contributed by atoms with Gasteiger partial charge in [-0.1, -0.05) is 18.5 Å². The Hall–Kier alpha value is -1.20. The molecule has 0 radical (unpaired) electrons. The van der Waals surface area contributed by atoms with Gasteiger partial charge in [0.1, 0.15) is 11.0 Å². The van der Waals surface area contributed by atoms with Gasteiger partial charge in [0, 0.05) is 19.1 Å². The number of hydrogen-bond donors (Lipinski definition) is 1. The average molecular weight is 286 g/mol. The molecule has 1 amide bonds. The summed E-state index contributed by atoms with van der Waals surface area (Å²) in [6.07, 6.45) is 3.47. The van der Waals surface area contributed by atoms with Crippen molar-refractivity contribution in [1.29, 1.82) is 0 Å². The molecule has 1 heterocycles. The maximum absolute atomic E-state index is 13.0. The van der Waals surface area contributed by atoms with E-state index >= 15 is 0 Å². The van der Waals surface area contributed by atoms with E-state index in [4.69, 9.17) is 11.6 Å². The Kier molecular flexibility index (Phi) is 4.71. The Morgan fingerprint density at radius 3 is 3.00 bits per heavy atom. The summed E-state index contributed by atoms with van der Waals surface area (Å²) < 4.78 is 13.0. The van der Waals surface area contributed by atoms with Crippen molar-refractivity contribution in [2.45, 2.75) is 25.8 Å². The van der Waals surface area contributed by atoms with Gasteiger partial charge in [-0.3, -0.25) is 9.69 Å². The molecule has 0 unspecified atom stereocenters. The first kappa shape index (κ1) is 14.2. The second-order valence-electron chi connectivity index (χ2n) is 4.61. The van der Waals surface area contributed by atoms with Crippen LogP contribution in [0.15, 0.2) is 12.3 Å². The molecule has 1 N–H and O–H groups in total. The van der Waals surface area contributed by atoms with Crippen LogP contribution in [0.25, 0.3) is 0 Å². The molecule has 0 atom stereocenters. The lowest BCUT2D eigenvalue weighted by atomic mass is 10.2. The fourth-order valence-corrected chi connectivity index (χ4v) is 2.22. The van der Waals surface area contributed by atoms with E-state index in [-0.39, 0.29) is 16.6 Å². The van der Waals surface area contributed by atoms with Crippen molar-refractivity contribution in [2.24, 2.45) is 0 Å². The van der Waals surface area contributed by atoms with Gasteiger partial charge in [-0.2, -0.15) is 0 Å². The van der Waals surface area contributed by atoms with E-state index in [0.29, 0.717) is 12.6 Å². The van der Waals surface area contributed by atoms with Gasteiger partial charge >= 0.3 is 0 Å². The van der Waals surface area contributed by atoms with Crippen molar-refractivity contribution in [2.75, 3.05) is 19.6 Å². The van der Waals surface area contributed by atoms with Crippen molar-refractivity contribution in [3.63, 3.8) is 0 Å². The Balaban J connectivity index is 1.85. The molecule has 0 aliphatic heterocycles. The molecule has 1 aromatic heterocycles. The summed E-state index contributed by atoms with van der Waals surface area (Å²) in [5.74, 6) is -0.952.